The lowest BCUT2D eigenvalue weighted by Crippen LogP contribution is -2.20. The molecule has 1 aliphatic rings. The molecule has 0 saturated heterocycles. The van der Waals surface area contributed by atoms with Gasteiger partial charge in [-0.2, -0.15) is 0 Å². The molecule has 2 heteroatoms. The van der Waals surface area contributed by atoms with Crippen molar-refractivity contribution < 1.29 is 9.53 Å². The molecule has 0 N–H and O–H groups in total. The molecule has 0 amide bonds. The molecular formula is C12H24O2. The molecule has 1 saturated carbocycles. The van der Waals surface area contributed by atoms with Gasteiger partial charge in [-0.1, -0.05) is 27.2 Å². The Bertz CT molecular complexity index is 137. The Morgan fingerprint density at radius 2 is 1.79 bits per heavy atom. The molecule has 0 unspecified atom stereocenters. The zero-order valence-corrected chi connectivity index (χ0v) is 9.84. The number of carbonyl (C=O) groups excluding carboxylic acids is 1. The second-order valence-electron chi connectivity index (χ2n) is 3.50. The third kappa shape index (κ3) is 6.01. The molecule has 84 valence electrons. The maximum atomic E-state index is 11.1. The first kappa shape index (κ1) is 13.5. The lowest BCUT2D eigenvalue weighted by atomic mass is 9.98. The first-order chi connectivity index (χ1) is 6.83. The van der Waals surface area contributed by atoms with Crippen molar-refractivity contribution in [3.8, 4) is 0 Å². The number of carbonyl (C=O) groups is 1. The molecule has 0 bridgehead atoms. The van der Waals surface area contributed by atoms with Crippen molar-refractivity contribution in [3.63, 3.8) is 0 Å². The van der Waals surface area contributed by atoms with Crippen molar-refractivity contribution in [2.45, 2.75) is 71.8 Å². The van der Waals surface area contributed by atoms with Gasteiger partial charge in [0.1, 0.15) is 6.10 Å². The van der Waals surface area contributed by atoms with E-state index in [1.54, 1.807) is 0 Å². The zero-order chi connectivity index (χ0) is 10.8. The second kappa shape index (κ2) is 9.04. The predicted octanol–water partition coefficient (Wildman–Crippen LogP) is 3.69. The summed E-state index contributed by atoms with van der Waals surface area (Å²) in [6, 6.07) is 0. The Morgan fingerprint density at radius 1 is 1.21 bits per heavy atom. The van der Waals surface area contributed by atoms with Crippen LogP contribution in [0.5, 0.6) is 0 Å². The summed E-state index contributed by atoms with van der Waals surface area (Å²) in [5.41, 5.74) is 0. The van der Waals surface area contributed by atoms with Crippen molar-refractivity contribution in [1.82, 2.24) is 0 Å². The molecule has 1 aliphatic carbocycles. The van der Waals surface area contributed by atoms with Crippen molar-refractivity contribution in [2.24, 2.45) is 0 Å². The van der Waals surface area contributed by atoms with Crippen molar-refractivity contribution in [2.75, 3.05) is 0 Å². The van der Waals surface area contributed by atoms with Crippen LogP contribution in [0.3, 0.4) is 0 Å². The summed E-state index contributed by atoms with van der Waals surface area (Å²) in [7, 11) is 0. The van der Waals surface area contributed by atoms with Gasteiger partial charge in [0.05, 0.1) is 0 Å². The highest BCUT2D eigenvalue weighted by atomic mass is 16.5. The van der Waals surface area contributed by atoms with Gasteiger partial charge >= 0.3 is 5.97 Å². The summed E-state index contributed by atoms with van der Waals surface area (Å²) < 4.78 is 5.29. The standard InChI is InChI=1S/C10H18O2.C2H6/c1-2-6-10(11)12-9-7-4-3-5-8-9;1-2/h9H,2-8H2,1H3;1-2H3. The van der Waals surface area contributed by atoms with Crippen LogP contribution in [-0.4, -0.2) is 12.1 Å². The maximum Gasteiger partial charge on any atom is 0.306 e. The van der Waals surface area contributed by atoms with Crippen LogP contribution in [0.2, 0.25) is 0 Å². The first-order valence-corrected chi connectivity index (χ1v) is 6.02. The molecule has 0 heterocycles. The molecule has 0 spiro atoms. The number of hydrogen-bond acceptors (Lipinski definition) is 2. The van der Waals surface area contributed by atoms with Crippen LogP contribution in [0.15, 0.2) is 0 Å². The minimum atomic E-state index is -0.00981. The van der Waals surface area contributed by atoms with Gasteiger partial charge in [-0.15, -0.1) is 0 Å². The predicted molar refractivity (Wildman–Crippen MR) is 59.2 cm³/mol. The summed E-state index contributed by atoms with van der Waals surface area (Å²) in [6.07, 6.45) is 7.63. The third-order valence-electron chi connectivity index (χ3n) is 2.30. The second-order valence-corrected chi connectivity index (χ2v) is 3.50. The highest BCUT2D eigenvalue weighted by molar-refractivity contribution is 5.69. The molecule has 14 heavy (non-hydrogen) atoms. The van der Waals surface area contributed by atoms with E-state index >= 15 is 0 Å². The Hall–Kier alpha value is -0.530. The third-order valence-corrected chi connectivity index (χ3v) is 2.30. The SMILES string of the molecule is CC.CCCC(=O)OC1CCCCC1. The molecule has 0 aromatic carbocycles. The summed E-state index contributed by atoms with van der Waals surface area (Å²) in [5.74, 6) is -0.00981. The van der Waals surface area contributed by atoms with Crippen LogP contribution in [0.4, 0.5) is 0 Å². The van der Waals surface area contributed by atoms with E-state index in [4.69, 9.17) is 4.74 Å². The Morgan fingerprint density at radius 3 is 2.29 bits per heavy atom. The number of esters is 1. The fourth-order valence-electron chi connectivity index (χ4n) is 1.63. The lowest BCUT2D eigenvalue weighted by Gasteiger charge is -2.21. The maximum absolute atomic E-state index is 11.1. The van der Waals surface area contributed by atoms with E-state index in [0.29, 0.717) is 6.42 Å². The largest absolute Gasteiger partial charge is 0.462 e. The molecule has 0 aromatic rings. The van der Waals surface area contributed by atoms with Crippen molar-refractivity contribution >= 4 is 5.97 Å². The van der Waals surface area contributed by atoms with Crippen LogP contribution >= 0.6 is 0 Å². The van der Waals surface area contributed by atoms with E-state index in [0.717, 1.165) is 19.3 Å². The summed E-state index contributed by atoms with van der Waals surface area (Å²) >= 11 is 0. The molecule has 1 rings (SSSR count). The van der Waals surface area contributed by atoms with Gasteiger partial charge in [0.15, 0.2) is 0 Å². The molecule has 0 atom stereocenters. The van der Waals surface area contributed by atoms with E-state index < -0.39 is 0 Å². The van der Waals surface area contributed by atoms with Crippen LogP contribution in [-0.2, 0) is 9.53 Å². The quantitative estimate of drug-likeness (QED) is 0.649. The van der Waals surface area contributed by atoms with Crippen LogP contribution < -0.4 is 0 Å². The van der Waals surface area contributed by atoms with Crippen molar-refractivity contribution in [3.05, 3.63) is 0 Å². The van der Waals surface area contributed by atoms with Gasteiger partial charge < -0.3 is 4.74 Å². The molecule has 0 radical (unpaired) electrons. The minimum absolute atomic E-state index is 0.00981. The molecule has 0 aliphatic heterocycles. The summed E-state index contributed by atoms with van der Waals surface area (Å²) in [6.45, 7) is 6.00. The van der Waals surface area contributed by atoms with Crippen LogP contribution in [0.25, 0.3) is 0 Å². The topological polar surface area (TPSA) is 26.3 Å². The van der Waals surface area contributed by atoms with Gasteiger partial charge in [0.25, 0.3) is 0 Å². The van der Waals surface area contributed by atoms with Gasteiger partial charge in [-0.25, -0.2) is 0 Å². The molecular weight excluding hydrogens is 176 g/mol. The average Bonchev–Trinajstić information content (AvgIpc) is 2.22. The van der Waals surface area contributed by atoms with Crippen LogP contribution in [0, 0.1) is 0 Å². The fraction of sp³-hybridized carbons (Fsp3) is 0.917. The smallest absolute Gasteiger partial charge is 0.306 e. The van der Waals surface area contributed by atoms with E-state index in [9.17, 15) is 4.79 Å². The molecule has 2 nitrogen and oxygen atoms in total. The summed E-state index contributed by atoms with van der Waals surface area (Å²) in [4.78, 5) is 11.1. The minimum Gasteiger partial charge on any atom is -0.462 e. The highest BCUT2D eigenvalue weighted by Crippen LogP contribution is 2.20. The Labute approximate surface area is 88.0 Å². The fourth-order valence-corrected chi connectivity index (χ4v) is 1.63. The van der Waals surface area contributed by atoms with Crippen LogP contribution in [0.1, 0.15) is 65.7 Å². The van der Waals surface area contributed by atoms with Gasteiger partial charge in [-0.05, 0) is 32.1 Å². The number of hydrogen-bond donors (Lipinski definition) is 0. The van der Waals surface area contributed by atoms with Gasteiger partial charge in [0.2, 0.25) is 0 Å². The van der Waals surface area contributed by atoms with Gasteiger partial charge in [-0.3, -0.25) is 4.79 Å². The average molecular weight is 200 g/mol. The Balaban J connectivity index is 0.000000791. The van der Waals surface area contributed by atoms with E-state index in [-0.39, 0.29) is 12.1 Å². The lowest BCUT2D eigenvalue weighted by molar-refractivity contribution is -0.150. The van der Waals surface area contributed by atoms with E-state index in [1.807, 2.05) is 20.8 Å². The normalized spacial score (nSPS) is 16.8. The number of ether oxygens (including phenoxy) is 1. The highest BCUT2D eigenvalue weighted by Gasteiger charge is 2.16. The molecule has 0 aromatic heterocycles. The van der Waals surface area contributed by atoms with Gasteiger partial charge in [0, 0.05) is 6.42 Å². The first-order valence-electron chi connectivity index (χ1n) is 6.02. The Kier molecular flexibility index (Phi) is 8.70. The molecule has 1 fully saturated rings. The monoisotopic (exact) mass is 200 g/mol. The summed E-state index contributed by atoms with van der Waals surface area (Å²) in [5, 5.41) is 0. The van der Waals surface area contributed by atoms with E-state index in [2.05, 4.69) is 0 Å². The van der Waals surface area contributed by atoms with E-state index in [1.165, 1.54) is 19.3 Å². The zero-order valence-electron chi connectivity index (χ0n) is 9.84. The van der Waals surface area contributed by atoms with Crippen molar-refractivity contribution in [1.29, 1.82) is 0 Å². The number of rotatable bonds is 3.